The SMILES string of the molecule is CCNC(=NCc1cccnc1OC)NCC(O)c1cc2ccccc2s1. The third-order valence-electron chi connectivity index (χ3n) is 4.03. The molecule has 0 aliphatic rings. The van der Waals surface area contributed by atoms with Crippen molar-refractivity contribution in [3.05, 3.63) is 59.1 Å². The van der Waals surface area contributed by atoms with Crippen LogP contribution in [0.4, 0.5) is 0 Å². The zero-order chi connectivity index (χ0) is 19.1. The molecule has 142 valence electrons. The highest BCUT2D eigenvalue weighted by Gasteiger charge is 2.12. The van der Waals surface area contributed by atoms with Crippen LogP contribution in [0.15, 0.2) is 53.7 Å². The number of aliphatic imine (C=N–C) groups is 1. The van der Waals surface area contributed by atoms with Gasteiger partial charge in [-0.2, -0.15) is 0 Å². The number of thiophene rings is 1. The Morgan fingerprint density at radius 2 is 2.11 bits per heavy atom. The van der Waals surface area contributed by atoms with Gasteiger partial charge in [0.15, 0.2) is 5.96 Å². The number of hydrogen-bond acceptors (Lipinski definition) is 5. The number of aliphatic hydroxyl groups excluding tert-OH is 1. The van der Waals surface area contributed by atoms with E-state index in [4.69, 9.17) is 4.74 Å². The average molecular weight is 385 g/mol. The Hall–Kier alpha value is -2.64. The lowest BCUT2D eigenvalue weighted by Gasteiger charge is -2.14. The van der Waals surface area contributed by atoms with Crippen molar-refractivity contribution < 1.29 is 9.84 Å². The van der Waals surface area contributed by atoms with Crippen molar-refractivity contribution in [1.82, 2.24) is 15.6 Å². The van der Waals surface area contributed by atoms with E-state index < -0.39 is 6.10 Å². The first-order valence-electron chi connectivity index (χ1n) is 8.88. The third kappa shape index (κ3) is 4.96. The summed E-state index contributed by atoms with van der Waals surface area (Å²) in [6.45, 7) is 3.55. The second-order valence-corrected chi connectivity index (χ2v) is 7.07. The Morgan fingerprint density at radius 3 is 2.89 bits per heavy atom. The van der Waals surface area contributed by atoms with Crippen LogP contribution in [-0.2, 0) is 6.54 Å². The molecule has 0 radical (unpaired) electrons. The summed E-state index contributed by atoms with van der Waals surface area (Å²) in [6, 6.07) is 14.0. The molecule has 3 aromatic rings. The van der Waals surface area contributed by atoms with Gasteiger partial charge in [-0.05, 0) is 30.5 Å². The molecule has 1 unspecified atom stereocenters. The van der Waals surface area contributed by atoms with Crippen molar-refractivity contribution in [1.29, 1.82) is 0 Å². The van der Waals surface area contributed by atoms with Crippen LogP contribution in [0.1, 0.15) is 23.5 Å². The van der Waals surface area contributed by atoms with Crippen molar-refractivity contribution in [2.75, 3.05) is 20.2 Å². The van der Waals surface area contributed by atoms with Crippen LogP contribution in [0.2, 0.25) is 0 Å². The van der Waals surface area contributed by atoms with Crippen molar-refractivity contribution in [2.45, 2.75) is 19.6 Å². The Morgan fingerprint density at radius 1 is 1.26 bits per heavy atom. The van der Waals surface area contributed by atoms with Gasteiger partial charge in [0, 0.05) is 34.4 Å². The Labute approximate surface area is 162 Å². The highest BCUT2D eigenvalue weighted by atomic mass is 32.1. The molecule has 3 rings (SSSR count). The molecule has 27 heavy (non-hydrogen) atoms. The van der Waals surface area contributed by atoms with E-state index in [-0.39, 0.29) is 0 Å². The van der Waals surface area contributed by atoms with E-state index in [0.29, 0.717) is 24.9 Å². The monoisotopic (exact) mass is 384 g/mol. The van der Waals surface area contributed by atoms with Crippen LogP contribution >= 0.6 is 11.3 Å². The third-order valence-corrected chi connectivity index (χ3v) is 5.25. The normalized spacial score (nSPS) is 12.8. The zero-order valence-corrected chi connectivity index (χ0v) is 16.3. The second-order valence-electron chi connectivity index (χ2n) is 5.95. The highest BCUT2D eigenvalue weighted by Crippen LogP contribution is 2.29. The van der Waals surface area contributed by atoms with Crippen molar-refractivity contribution >= 4 is 27.4 Å². The lowest BCUT2D eigenvalue weighted by atomic mass is 10.2. The summed E-state index contributed by atoms with van der Waals surface area (Å²) < 4.78 is 6.44. The van der Waals surface area contributed by atoms with E-state index in [9.17, 15) is 5.11 Å². The molecule has 1 aromatic carbocycles. The van der Waals surface area contributed by atoms with Crippen LogP contribution in [0.5, 0.6) is 5.88 Å². The van der Waals surface area contributed by atoms with E-state index >= 15 is 0 Å². The Kier molecular flexibility index (Phi) is 6.62. The molecule has 2 heterocycles. The van der Waals surface area contributed by atoms with Crippen molar-refractivity contribution in [3.63, 3.8) is 0 Å². The first-order valence-corrected chi connectivity index (χ1v) is 9.69. The summed E-state index contributed by atoms with van der Waals surface area (Å²) in [5, 5.41) is 18.1. The van der Waals surface area contributed by atoms with Gasteiger partial charge >= 0.3 is 0 Å². The summed E-state index contributed by atoms with van der Waals surface area (Å²) in [7, 11) is 1.60. The predicted molar refractivity (Wildman–Crippen MR) is 110 cm³/mol. The van der Waals surface area contributed by atoms with Gasteiger partial charge in [0.1, 0.15) is 6.10 Å². The van der Waals surface area contributed by atoms with Gasteiger partial charge in [-0.25, -0.2) is 9.98 Å². The van der Waals surface area contributed by atoms with Gasteiger partial charge in [-0.3, -0.25) is 0 Å². The number of rotatable bonds is 7. The number of benzene rings is 1. The lowest BCUT2D eigenvalue weighted by molar-refractivity contribution is 0.184. The van der Waals surface area contributed by atoms with Gasteiger partial charge in [-0.15, -0.1) is 11.3 Å². The number of nitrogens with zero attached hydrogens (tertiary/aromatic N) is 2. The molecule has 0 aliphatic carbocycles. The predicted octanol–water partition coefficient (Wildman–Crippen LogP) is 3.09. The fourth-order valence-electron chi connectivity index (χ4n) is 2.69. The molecular weight excluding hydrogens is 360 g/mol. The topological polar surface area (TPSA) is 78.8 Å². The molecular formula is C20H24N4O2S. The molecule has 3 N–H and O–H groups in total. The molecule has 0 aliphatic heterocycles. The Balaban J connectivity index is 1.64. The average Bonchev–Trinajstić information content (AvgIpc) is 3.14. The highest BCUT2D eigenvalue weighted by molar-refractivity contribution is 7.19. The molecule has 6 nitrogen and oxygen atoms in total. The lowest BCUT2D eigenvalue weighted by Crippen LogP contribution is -2.39. The molecule has 0 saturated carbocycles. The maximum Gasteiger partial charge on any atom is 0.218 e. The number of fused-ring (bicyclic) bond motifs is 1. The van der Waals surface area contributed by atoms with Gasteiger partial charge in [0.2, 0.25) is 5.88 Å². The fourth-order valence-corrected chi connectivity index (χ4v) is 3.75. The van der Waals surface area contributed by atoms with Crippen LogP contribution in [0, 0.1) is 0 Å². The number of hydrogen-bond donors (Lipinski definition) is 3. The minimum absolute atomic E-state index is 0.378. The second kappa shape index (κ2) is 9.34. The minimum Gasteiger partial charge on any atom is -0.481 e. The molecule has 2 aromatic heterocycles. The standard InChI is InChI=1S/C20H24N4O2S/c1-3-21-20(23-12-15-8-6-10-22-19(15)26-2)24-13-16(25)18-11-14-7-4-5-9-17(14)27-18/h4-11,16,25H,3,12-13H2,1-2H3,(H2,21,23,24). The number of pyridine rings is 1. The fraction of sp³-hybridized carbons (Fsp3) is 0.300. The molecule has 7 heteroatoms. The maximum absolute atomic E-state index is 10.5. The van der Waals surface area contributed by atoms with E-state index in [1.807, 2.05) is 37.3 Å². The summed E-state index contributed by atoms with van der Waals surface area (Å²) in [6.07, 6.45) is 1.09. The number of ether oxygens (including phenoxy) is 1. The maximum atomic E-state index is 10.5. The van der Waals surface area contributed by atoms with Gasteiger partial charge in [-0.1, -0.05) is 24.3 Å². The summed E-state index contributed by atoms with van der Waals surface area (Å²) in [4.78, 5) is 9.69. The summed E-state index contributed by atoms with van der Waals surface area (Å²) in [5.41, 5.74) is 0.905. The van der Waals surface area contributed by atoms with Gasteiger partial charge in [0.25, 0.3) is 0 Å². The first kappa shape index (κ1) is 19.1. The van der Waals surface area contributed by atoms with Crippen LogP contribution in [0.3, 0.4) is 0 Å². The largest absolute Gasteiger partial charge is 0.481 e. The number of aromatic nitrogens is 1. The van der Waals surface area contributed by atoms with Gasteiger partial charge < -0.3 is 20.5 Å². The van der Waals surface area contributed by atoms with Crippen LogP contribution in [0.25, 0.3) is 10.1 Å². The summed E-state index contributed by atoms with van der Waals surface area (Å²) in [5.74, 6) is 1.21. The molecule has 0 bridgehead atoms. The van der Waals surface area contributed by atoms with E-state index in [2.05, 4.69) is 32.7 Å². The number of nitrogens with one attached hydrogen (secondary N) is 2. The van der Waals surface area contributed by atoms with Gasteiger partial charge in [0.05, 0.1) is 13.7 Å². The number of guanidine groups is 1. The van der Waals surface area contributed by atoms with Crippen LogP contribution in [-0.4, -0.2) is 36.2 Å². The molecule has 0 fully saturated rings. The number of aliphatic hydroxyl groups is 1. The Bertz CT molecular complexity index is 877. The molecule has 0 amide bonds. The molecule has 0 saturated heterocycles. The zero-order valence-electron chi connectivity index (χ0n) is 15.5. The van der Waals surface area contributed by atoms with E-state index in [1.54, 1.807) is 24.6 Å². The minimum atomic E-state index is -0.598. The number of methoxy groups -OCH3 is 1. The first-order chi connectivity index (χ1) is 13.2. The summed E-state index contributed by atoms with van der Waals surface area (Å²) >= 11 is 1.61. The smallest absolute Gasteiger partial charge is 0.218 e. The quantitative estimate of drug-likeness (QED) is 0.431. The molecule has 1 atom stereocenters. The van der Waals surface area contributed by atoms with E-state index in [0.717, 1.165) is 22.4 Å². The van der Waals surface area contributed by atoms with Crippen molar-refractivity contribution in [2.24, 2.45) is 4.99 Å². The van der Waals surface area contributed by atoms with Crippen LogP contribution < -0.4 is 15.4 Å². The van der Waals surface area contributed by atoms with Crippen molar-refractivity contribution in [3.8, 4) is 5.88 Å². The van der Waals surface area contributed by atoms with E-state index in [1.165, 1.54) is 4.70 Å². The molecule has 0 spiro atoms.